The predicted molar refractivity (Wildman–Crippen MR) is 66.0 cm³/mol. The van der Waals surface area contributed by atoms with Crippen LogP contribution in [-0.2, 0) is 4.79 Å². The van der Waals surface area contributed by atoms with Gasteiger partial charge in [-0.2, -0.15) is 0 Å². The summed E-state index contributed by atoms with van der Waals surface area (Å²) in [5.41, 5.74) is 0. The number of piperidine rings is 1. The molecule has 0 saturated carbocycles. The van der Waals surface area contributed by atoms with Crippen LogP contribution in [0.5, 0.6) is 0 Å². The minimum Gasteiger partial charge on any atom is -0.359 e. The lowest BCUT2D eigenvalue weighted by Crippen LogP contribution is -2.40. The molecule has 5 nitrogen and oxygen atoms in total. The summed E-state index contributed by atoms with van der Waals surface area (Å²) in [6.07, 6.45) is 4.86. The van der Waals surface area contributed by atoms with Crippen LogP contribution in [0.15, 0.2) is 12.4 Å². The largest absolute Gasteiger partial charge is 0.359 e. The van der Waals surface area contributed by atoms with Gasteiger partial charge in [0.1, 0.15) is 0 Å². The van der Waals surface area contributed by atoms with E-state index >= 15 is 0 Å². The topological polar surface area (TPSA) is 58.1 Å². The van der Waals surface area contributed by atoms with Gasteiger partial charge in [-0.15, -0.1) is 0 Å². The van der Waals surface area contributed by atoms with E-state index in [1.807, 2.05) is 0 Å². The van der Waals surface area contributed by atoms with Gasteiger partial charge in [0.05, 0.1) is 0 Å². The Morgan fingerprint density at radius 1 is 1.41 bits per heavy atom. The lowest BCUT2D eigenvalue weighted by Gasteiger charge is -2.31. The van der Waals surface area contributed by atoms with Crippen molar-refractivity contribution in [3.63, 3.8) is 0 Å². The molecular weight excluding hydrogens is 240 g/mol. The third kappa shape index (κ3) is 2.66. The molecule has 1 aliphatic rings. The van der Waals surface area contributed by atoms with Crippen molar-refractivity contribution < 1.29 is 4.79 Å². The SMILES string of the molecule is CNC(=O)C1CCN(c2nccnc2Cl)CC1. The number of halogens is 1. The highest BCUT2D eigenvalue weighted by atomic mass is 35.5. The lowest BCUT2D eigenvalue weighted by atomic mass is 9.96. The van der Waals surface area contributed by atoms with Crippen LogP contribution in [0.1, 0.15) is 12.8 Å². The van der Waals surface area contributed by atoms with Gasteiger partial charge >= 0.3 is 0 Å². The van der Waals surface area contributed by atoms with Crippen LogP contribution in [0, 0.1) is 5.92 Å². The maximum atomic E-state index is 11.5. The second-order valence-electron chi connectivity index (χ2n) is 4.05. The van der Waals surface area contributed by atoms with E-state index < -0.39 is 0 Å². The van der Waals surface area contributed by atoms with E-state index in [9.17, 15) is 4.79 Å². The summed E-state index contributed by atoms with van der Waals surface area (Å²) >= 11 is 5.99. The number of nitrogens with zero attached hydrogens (tertiary/aromatic N) is 3. The lowest BCUT2D eigenvalue weighted by molar-refractivity contribution is -0.125. The molecule has 0 unspecified atom stereocenters. The molecule has 2 heterocycles. The molecule has 0 radical (unpaired) electrons. The van der Waals surface area contributed by atoms with Crippen molar-refractivity contribution in [1.29, 1.82) is 0 Å². The number of hydrogen-bond acceptors (Lipinski definition) is 4. The van der Waals surface area contributed by atoms with Gasteiger partial charge in [0.15, 0.2) is 11.0 Å². The molecule has 1 aromatic heterocycles. The smallest absolute Gasteiger partial charge is 0.222 e. The van der Waals surface area contributed by atoms with E-state index in [0.717, 1.165) is 25.9 Å². The van der Waals surface area contributed by atoms with Crippen molar-refractivity contribution in [3.8, 4) is 0 Å². The van der Waals surface area contributed by atoms with Crippen molar-refractivity contribution in [2.24, 2.45) is 5.92 Å². The first-order chi connectivity index (χ1) is 8.22. The van der Waals surface area contributed by atoms with Crippen molar-refractivity contribution >= 4 is 23.3 Å². The van der Waals surface area contributed by atoms with Gasteiger partial charge in [0.2, 0.25) is 5.91 Å². The van der Waals surface area contributed by atoms with Crippen LogP contribution in [0.3, 0.4) is 0 Å². The van der Waals surface area contributed by atoms with Crippen LogP contribution in [0.4, 0.5) is 5.82 Å². The number of rotatable bonds is 2. The molecule has 1 saturated heterocycles. The van der Waals surface area contributed by atoms with Crippen LogP contribution < -0.4 is 10.2 Å². The van der Waals surface area contributed by atoms with E-state index in [2.05, 4.69) is 20.2 Å². The summed E-state index contributed by atoms with van der Waals surface area (Å²) in [4.78, 5) is 21.8. The van der Waals surface area contributed by atoms with Gasteiger partial charge in [-0.25, -0.2) is 9.97 Å². The standard InChI is InChI=1S/C11H15ClN4O/c1-13-11(17)8-2-6-16(7-3-8)10-9(12)14-4-5-15-10/h4-5,8H,2-3,6-7H2,1H3,(H,13,17). The zero-order chi connectivity index (χ0) is 12.3. The summed E-state index contributed by atoms with van der Waals surface area (Å²) in [5, 5.41) is 3.11. The average molecular weight is 255 g/mol. The van der Waals surface area contributed by atoms with Crippen molar-refractivity contribution in [3.05, 3.63) is 17.5 Å². The van der Waals surface area contributed by atoms with Gasteiger partial charge in [-0.05, 0) is 12.8 Å². The number of aromatic nitrogens is 2. The molecule has 2 rings (SSSR count). The normalized spacial score (nSPS) is 16.9. The van der Waals surface area contributed by atoms with Crippen molar-refractivity contribution in [2.45, 2.75) is 12.8 Å². The van der Waals surface area contributed by atoms with E-state index in [1.165, 1.54) is 0 Å². The molecule has 0 aromatic carbocycles. The van der Waals surface area contributed by atoms with E-state index in [1.54, 1.807) is 19.4 Å². The number of hydrogen-bond donors (Lipinski definition) is 1. The highest BCUT2D eigenvalue weighted by molar-refractivity contribution is 6.31. The maximum absolute atomic E-state index is 11.5. The maximum Gasteiger partial charge on any atom is 0.222 e. The van der Waals surface area contributed by atoms with Gasteiger partial charge in [-0.1, -0.05) is 11.6 Å². The Morgan fingerprint density at radius 2 is 2.06 bits per heavy atom. The highest BCUT2D eigenvalue weighted by Crippen LogP contribution is 2.25. The van der Waals surface area contributed by atoms with Crippen LogP contribution in [0.2, 0.25) is 5.15 Å². The molecule has 0 aliphatic carbocycles. The van der Waals surface area contributed by atoms with Crippen molar-refractivity contribution in [1.82, 2.24) is 15.3 Å². The zero-order valence-electron chi connectivity index (χ0n) is 9.69. The molecule has 1 amide bonds. The molecule has 92 valence electrons. The summed E-state index contributed by atoms with van der Waals surface area (Å²) in [7, 11) is 1.67. The third-order valence-corrected chi connectivity index (χ3v) is 3.31. The van der Waals surface area contributed by atoms with E-state index in [0.29, 0.717) is 11.0 Å². The minimum absolute atomic E-state index is 0.103. The summed E-state index contributed by atoms with van der Waals surface area (Å²) in [6.45, 7) is 1.58. The van der Waals surface area contributed by atoms with Gasteiger partial charge in [0.25, 0.3) is 0 Å². The Labute approximate surface area is 105 Å². The molecule has 6 heteroatoms. The number of amides is 1. The molecule has 0 spiro atoms. The van der Waals surface area contributed by atoms with E-state index in [-0.39, 0.29) is 11.8 Å². The molecular formula is C11H15ClN4O. The van der Waals surface area contributed by atoms with Gasteiger partial charge < -0.3 is 10.2 Å². The zero-order valence-corrected chi connectivity index (χ0v) is 10.4. The fraction of sp³-hybridized carbons (Fsp3) is 0.545. The molecule has 17 heavy (non-hydrogen) atoms. The van der Waals surface area contributed by atoms with Gasteiger partial charge in [-0.3, -0.25) is 4.79 Å². The minimum atomic E-state index is 0.103. The first kappa shape index (κ1) is 12.1. The first-order valence-electron chi connectivity index (χ1n) is 5.65. The molecule has 1 N–H and O–H groups in total. The van der Waals surface area contributed by atoms with Gasteiger partial charge in [0, 0.05) is 38.4 Å². The van der Waals surface area contributed by atoms with Crippen LogP contribution in [0.25, 0.3) is 0 Å². The Bertz CT molecular complexity index is 404. The fourth-order valence-corrected chi connectivity index (χ4v) is 2.31. The number of carbonyl (C=O) groups is 1. The molecule has 1 aromatic rings. The second-order valence-corrected chi connectivity index (χ2v) is 4.40. The summed E-state index contributed by atoms with van der Waals surface area (Å²) in [6, 6.07) is 0. The third-order valence-electron chi connectivity index (χ3n) is 3.05. The Morgan fingerprint density at radius 3 is 2.65 bits per heavy atom. The first-order valence-corrected chi connectivity index (χ1v) is 6.03. The molecule has 0 bridgehead atoms. The number of anilines is 1. The fourth-order valence-electron chi connectivity index (χ4n) is 2.08. The Hall–Kier alpha value is -1.36. The number of carbonyl (C=O) groups excluding carboxylic acids is 1. The Balaban J connectivity index is 2.00. The monoisotopic (exact) mass is 254 g/mol. The van der Waals surface area contributed by atoms with Crippen LogP contribution >= 0.6 is 11.6 Å². The van der Waals surface area contributed by atoms with Crippen LogP contribution in [-0.4, -0.2) is 36.0 Å². The molecule has 0 atom stereocenters. The average Bonchev–Trinajstić information content (AvgIpc) is 2.39. The Kier molecular flexibility index (Phi) is 3.78. The van der Waals surface area contributed by atoms with Crippen molar-refractivity contribution in [2.75, 3.05) is 25.0 Å². The van der Waals surface area contributed by atoms with E-state index in [4.69, 9.17) is 11.6 Å². The second kappa shape index (κ2) is 5.31. The highest BCUT2D eigenvalue weighted by Gasteiger charge is 2.25. The number of nitrogens with one attached hydrogen (secondary N) is 1. The molecule has 1 fully saturated rings. The summed E-state index contributed by atoms with van der Waals surface area (Å²) < 4.78 is 0. The predicted octanol–water partition coefficient (Wildman–Crippen LogP) is 1.09. The molecule has 1 aliphatic heterocycles. The summed E-state index contributed by atoms with van der Waals surface area (Å²) in [5.74, 6) is 0.936. The quantitative estimate of drug-likeness (QED) is 0.859.